The lowest BCUT2D eigenvalue weighted by molar-refractivity contribution is 0.464. The summed E-state index contributed by atoms with van der Waals surface area (Å²) in [5, 5.41) is 4.99. The van der Waals surface area contributed by atoms with Crippen LogP contribution in [0.4, 0.5) is 0 Å². The summed E-state index contributed by atoms with van der Waals surface area (Å²) in [6.45, 7) is 0.0146. The number of ether oxygens (including phenoxy) is 2. The van der Waals surface area contributed by atoms with E-state index in [4.69, 9.17) is 9.47 Å². The Morgan fingerprint density at radius 1 is 0.302 bits per heavy atom. The van der Waals surface area contributed by atoms with Crippen LogP contribution in [0.3, 0.4) is 0 Å². The molecule has 9 aromatic carbocycles. The average molecular weight is 675 g/mol. The molecule has 0 amide bonds. The minimum atomic E-state index is 0.0146. The predicted molar refractivity (Wildman–Crippen MR) is 221 cm³/mol. The maximum absolute atomic E-state index is 6.55. The minimum Gasteiger partial charge on any atom is -0.458 e. The molecule has 0 bridgehead atoms. The van der Waals surface area contributed by atoms with Gasteiger partial charge in [-0.2, -0.15) is 0 Å². The molecule has 0 aromatic heterocycles. The summed E-state index contributed by atoms with van der Waals surface area (Å²) in [6.07, 6.45) is 0. The molecule has 53 heavy (non-hydrogen) atoms. The first-order valence-electron chi connectivity index (χ1n) is 18.2. The van der Waals surface area contributed by atoms with Crippen LogP contribution in [-0.2, 0) is 0 Å². The number of rotatable bonds is 4. The predicted octanol–water partition coefficient (Wildman–Crippen LogP) is 11.4. The molecule has 2 nitrogen and oxygen atoms in total. The van der Waals surface area contributed by atoms with E-state index in [1.54, 1.807) is 0 Å². The second-order valence-electron chi connectivity index (χ2n) is 13.9. The summed E-state index contributed by atoms with van der Waals surface area (Å²) in [6, 6.07) is 67.5. The van der Waals surface area contributed by atoms with Crippen molar-refractivity contribution >= 4 is 44.6 Å². The van der Waals surface area contributed by atoms with E-state index in [-0.39, 0.29) is 6.71 Å². The zero-order valence-corrected chi connectivity index (χ0v) is 28.8. The van der Waals surface area contributed by atoms with Crippen LogP contribution in [0.25, 0.3) is 66.1 Å². The molecule has 0 atom stereocenters. The molecule has 0 spiro atoms. The molecular weight excluding hydrogens is 643 g/mol. The van der Waals surface area contributed by atoms with Gasteiger partial charge in [0, 0.05) is 5.46 Å². The zero-order valence-electron chi connectivity index (χ0n) is 28.8. The van der Waals surface area contributed by atoms with Gasteiger partial charge in [-0.1, -0.05) is 158 Å². The molecule has 0 saturated heterocycles. The Kier molecular flexibility index (Phi) is 6.68. The zero-order chi connectivity index (χ0) is 34.9. The summed E-state index contributed by atoms with van der Waals surface area (Å²) in [7, 11) is 0. The van der Waals surface area contributed by atoms with Crippen LogP contribution in [-0.4, -0.2) is 6.71 Å². The largest absolute Gasteiger partial charge is 0.458 e. The number of hydrogen-bond donors (Lipinski definition) is 0. The van der Waals surface area contributed by atoms with E-state index in [1.165, 1.54) is 60.5 Å². The van der Waals surface area contributed by atoms with Crippen LogP contribution < -0.4 is 25.9 Å². The summed E-state index contributed by atoms with van der Waals surface area (Å²) in [5.41, 5.74) is 13.1. The molecule has 0 aliphatic carbocycles. The van der Waals surface area contributed by atoms with E-state index in [9.17, 15) is 0 Å². The van der Waals surface area contributed by atoms with E-state index in [0.29, 0.717) is 0 Å². The second-order valence-corrected chi connectivity index (χ2v) is 13.9. The van der Waals surface area contributed by atoms with Crippen LogP contribution in [0.2, 0.25) is 0 Å². The van der Waals surface area contributed by atoms with E-state index in [1.807, 2.05) is 24.3 Å². The van der Waals surface area contributed by atoms with Gasteiger partial charge in [-0.3, -0.25) is 0 Å². The molecule has 246 valence electrons. The Morgan fingerprint density at radius 2 is 0.792 bits per heavy atom. The fraction of sp³-hybridized carbons (Fsp3) is 0. The van der Waals surface area contributed by atoms with Crippen LogP contribution in [0.5, 0.6) is 23.0 Å². The first kappa shape index (κ1) is 29.9. The molecule has 3 heteroatoms. The highest BCUT2D eigenvalue weighted by atomic mass is 16.5. The molecule has 2 aliphatic rings. The Labute approximate surface area is 308 Å². The summed E-state index contributed by atoms with van der Waals surface area (Å²) in [5.74, 6) is 3.50. The first-order chi connectivity index (χ1) is 26.3. The summed E-state index contributed by atoms with van der Waals surface area (Å²) < 4.78 is 12.9. The fourth-order valence-corrected chi connectivity index (χ4v) is 8.71. The molecule has 0 fully saturated rings. The molecule has 11 rings (SSSR count). The van der Waals surface area contributed by atoms with Gasteiger partial charge in [-0.15, -0.1) is 0 Å². The third kappa shape index (κ3) is 4.68. The molecule has 0 saturated carbocycles. The Morgan fingerprint density at radius 3 is 1.47 bits per heavy atom. The Hall–Kier alpha value is -6.84. The van der Waals surface area contributed by atoms with E-state index in [0.717, 1.165) is 44.9 Å². The summed E-state index contributed by atoms with van der Waals surface area (Å²) in [4.78, 5) is 0. The quantitative estimate of drug-likeness (QED) is 0.137. The maximum Gasteiger partial charge on any atom is 0.260 e. The van der Waals surface area contributed by atoms with E-state index in [2.05, 4.69) is 164 Å². The van der Waals surface area contributed by atoms with Crippen molar-refractivity contribution in [2.75, 3.05) is 0 Å². The fourth-order valence-electron chi connectivity index (χ4n) is 8.71. The lowest BCUT2D eigenvalue weighted by Gasteiger charge is -2.33. The van der Waals surface area contributed by atoms with Crippen LogP contribution in [0, 0.1) is 0 Å². The average Bonchev–Trinajstić information content (AvgIpc) is 3.23. The lowest BCUT2D eigenvalue weighted by Crippen LogP contribution is -2.57. The van der Waals surface area contributed by atoms with Gasteiger partial charge in [0.1, 0.15) is 23.0 Å². The number of fused-ring (bicyclic) bond motifs is 6. The Balaban J connectivity index is 1.13. The number of para-hydroxylation sites is 1. The third-order valence-electron chi connectivity index (χ3n) is 11.0. The van der Waals surface area contributed by atoms with Crippen LogP contribution in [0.1, 0.15) is 0 Å². The summed E-state index contributed by atoms with van der Waals surface area (Å²) >= 11 is 0. The third-order valence-corrected chi connectivity index (χ3v) is 11.0. The van der Waals surface area contributed by atoms with Crippen molar-refractivity contribution in [2.45, 2.75) is 0 Å². The molecule has 2 aliphatic heterocycles. The normalized spacial score (nSPS) is 12.4. The van der Waals surface area contributed by atoms with Gasteiger partial charge in [-0.05, 0) is 107 Å². The minimum absolute atomic E-state index is 0.0146. The van der Waals surface area contributed by atoms with Crippen molar-refractivity contribution in [1.82, 2.24) is 0 Å². The lowest BCUT2D eigenvalue weighted by atomic mass is 9.35. The molecule has 0 unspecified atom stereocenters. The highest BCUT2D eigenvalue weighted by molar-refractivity contribution is 6.98. The second kappa shape index (κ2) is 11.9. The van der Waals surface area contributed by atoms with Crippen molar-refractivity contribution < 1.29 is 9.47 Å². The van der Waals surface area contributed by atoms with Crippen molar-refractivity contribution in [3.63, 3.8) is 0 Å². The number of hydrogen-bond acceptors (Lipinski definition) is 2. The van der Waals surface area contributed by atoms with Gasteiger partial charge >= 0.3 is 0 Å². The highest BCUT2D eigenvalue weighted by Crippen LogP contribution is 2.46. The van der Waals surface area contributed by atoms with Gasteiger partial charge in [0.05, 0.1) is 0 Å². The monoisotopic (exact) mass is 674 g/mol. The van der Waals surface area contributed by atoms with Gasteiger partial charge in [0.15, 0.2) is 0 Å². The van der Waals surface area contributed by atoms with Gasteiger partial charge < -0.3 is 9.47 Å². The smallest absolute Gasteiger partial charge is 0.260 e. The Bertz CT molecular complexity index is 2880. The van der Waals surface area contributed by atoms with Crippen LogP contribution in [0.15, 0.2) is 188 Å². The number of benzene rings is 9. The molecule has 0 radical (unpaired) electrons. The highest BCUT2D eigenvalue weighted by Gasteiger charge is 2.40. The van der Waals surface area contributed by atoms with Crippen molar-refractivity contribution in [3.05, 3.63) is 188 Å². The van der Waals surface area contributed by atoms with Gasteiger partial charge in [-0.25, -0.2) is 0 Å². The molecule has 9 aromatic rings. The standard InChI is InChI=1S/C50H31BO2/c1-3-14-32(15-4-1)48-38-20-9-10-21-39(38)49(33-16-5-2-6-17-33)41-30-34(26-28-40(41)48)36-18-7-8-19-37(36)35-27-29-45-43(31-35)51-42-22-11-12-23-44(42)52-46-24-13-25-47(53-45)50(46)51/h1-31H. The maximum atomic E-state index is 6.55. The molecule has 0 N–H and O–H groups in total. The van der Waals surface area contributed by atoms with Crippen LogP contribution >= 0.6 is 0 Å². The van der Waals surface area contributed by atoms with E-state index < -0.39 is 0 Å². The topological polar surface area (TPSA) is 18.5 Å². The van der Waals surface area contributed by atoms with E-state index >= 15 is 0 Å². The SMILES string of the molecule is c1ccc(-c2c3ccccc3c(-c3ccccc3)c3cc(-c4ccccc4-c4ccc5c(c4)B4c6ccccc6Oc6cccc(c64)O5)ccc23)cc1. The first-order valence-corrected chi connectivity index (χ1v) is 18.2. The van der Waals surface area contributed by atoms with Gasteiger partial charge in [0.2, 0.25) is 0 Å². The van der Waals surface area contributed by atoms with Crippen molar-refractivity contribution in [2.24, 2.45) is 0 Å². The van der Waals surface area contributed by atoms with Crippen molar-refractivity contribution in [3.8, 4) is 67.5 Å². The van der Waals surface area contributed by atoms with Gasteiger partial charge in [0.25, 0.3) is 6.71 Å². The van der Waals surface area contributed by atoms with Crippen molar-refractivity contribution in [1.29, 1.82) is 0 Å². The molecular formula is C50H31BO2. The molecule has 2 heterocycles.